The fraction of sp³-hybridized carbons (Fsp3) is 0.333. The summed E-state index contributed by atoms with van der Waals surface area (Å²) in [4.78, 5) is 15.5. The number of hydrogen-bond donors (Lipinski definition) is 0. The zero-order valence-electron chi connectivity index (χ0n) is 11.9. The number of hydrogen-bond acceptors (Lipinski definition) is 4. The van der Waals surface area contributed by atoms with Gasteiger partial charge in [0.25, 0.3) is 5.56 Å². The summed E-state index contributed by atoms with van der Waals surface area (Å²) in [7, 11) is 1.65. The van der Waals surface area contributed by atoms with Crippen molar-refractivity contribution >= 4 is 11.8 Å². The first-order valence-corrected chi connectivity index (χ1v) is 7.43. The minimum atomic E-state index is -0.199. The maximum absolute atomic E-state index is 11.4. The van der Waals surface area contributed by atoms with Gasteiger partial charge in [0.15, 0.2) is 5.16 Å². The lowest BCUT2D eigenvalue weighted by Gasteiger charge is -2.14. The molecular formula is C15H18N2O2S. The molecule has 2 rings (SSSR count). The molecule has 2 aromatic rings. The molecule has 0 amide bonds. The molecule has 0 spiro atoms. The molecule has 0 N–H and O–H groups in total. The highest BCUT2D eigenvalue weighted by Crippen LogP contribution is 2.24. The SMILES string of the molecule is COc1cccc(CSc2nc(=O)ccn2C(C)C)c1. The van der Waals surface area contributed by atoms with E-state index in [-0.39, 0.29) is 11.6 Å². The van der Waals surface area contributed by atoms with Crippen LogP contribution in [0.15, 0.2) is 46.5 Å². The highest BCUT2D eigenvalue weighted by Gasteiger charge is 2.07. The zero-order chi connectivity index (χ0) is 14.5. The van der Waals surface area contributed by atoms with E-state index in [1.54, 1.807) is 25.1 Å². The summed E-state index contributed by atoms with van der Waals surface area (Å²) in [5, 5.41) is 0.746. The summed E-state index contributed by atoms with van der Waals surface area (Å²) < 4.78 is 7.21. The molecule has 0 aliphatic carbocycles. The van der Waals surface area contributed by atoms with Crippen molar-refractivity contribution in [3.05, 3.63) is 52.4 Å². The monoisotopic (exact) mass is 290 g/mol. The average molecular weight is 290 g/mol. The Balaban J connectivity index is 2.17. The molecule has 0 atom stereocenters. The first-order valence-electron chi connectivity index (χ1n) is 6.45. The van der Waals surface area contributed by atoms with Gasteiger partial charge in [-0.15, -0.1) is 0 Å². The van der Waals surface area contributed by atoms with Crippen LogP contribution >= 0.6 is 11.8 Å². The topological polar surface area (TPSA) is 44.1 Å². The van der Waals surface area contributed by atoms with Crippen molar-refractivity contribution in [2.75, 3.05) is 7.11 Å². The standard InChI is InChI=1S/C15H18N2O2S/c1-11(2)17-8-7-14(18)16-15(17)20-10-12-5-4-6-13(9-12)19-3/h4-9,11H,10H2,1-3H3. The van der Waals surface area contributed by atoms with Gasteiger partial charge in [0, 0.05) is 24.1 Å². The van der Waals surface area contributed by atoms with Crippen LogP contribution in [0.2, 0.25) is 0 Å². The smallest absolute Gasteiger partial charge is 0.273 e. The third-order valence-electron chi connectivity index (χ3n) is 2.86. The van der Waals surface area contributed by atoms with E-state index in [1.165, 1.54) is 6.07 Å². The number of methoxy groups -OCH3 is 1. The first kappa shape index (κ1) is 14.7. The fourth-order valence-electron chi connectivity index (χ4n) is 1.81. The molecule has 0 saturated carbocycles. The first-order chi connectivity index (χ1) is 9.60. The fourth-order valence-corrected chi connectivity index (χ4v) is 2.86. The predicted octanol–water partition coefficient (Wildman–Crippen LogP) is 3.13. The molecule has 4 nitrogen and oxygen atoms in total. The number of benzene rings is 1. The molecule has 106 valence electrons. The Morgan fingerprint density at radius 2 is 2.15 bits per heavy atom. The van der Waals surface area contributed by atoms with Crippen molar-refractivity contribution in [2.45, 2.75) is 30.8 Å². The average Bonchev–Trinajstić information content (AvgIpc) is 2.45. The summed E-state index contributed by atoms with van der Waals surface area (Å²) in [6.07, 6.45) is 1.80. The second-order valence-electron chi connectivity index (χ2n) is 4.69. The van der Waals surface area contributed by atoms with Crippen LogP contribution in [0.25, 0.3) is 0 Å². The minimum Gasteiger partial charge on any atom is -0.497 e. The van der Waals surface area contributed by atoms with Crippen LogP contribution in [-0.4, -0.2) is 16.7 Å². The van der Waals surface area contributed by atoms with Gasteiger partial charge in [-0.25, -0.2) is 0 Å². The minimum absolute atomic E-state index is 0.199. The molecule has 0 radical (unpaired) electrons. The molecule has 5 heteroatoms. The molecule has 20 heavy (non-hydrogen) atoms. The number of thioether (sulfide) groups is 1. The molecule has 0 aliphatic rings. The van der Waals surface area contributed by atoms with E-state index >= 15 is 0 Å². The quantitative estimate of drug-likeness (QED) is 0.627. The molecule has 1 aromatic carbocycles. The van der Waals surface area contributed by atoms with Gasteiger partial charge in [0.2, 0.25) is 0 Å². The van der Waals surface area contributed by atoms with E-state index < -0.39 is 0 Å². The van der Waals surface area contributed by atoms with Gasteiger partial charge < -0.3 is 9.30 Å². The summed E-state index contributed by atoms with van der Waals surface area (Å²) in [5.41, 5.74) is 0.942. The van der Waals surface area contributed by atoms with Gasteiger partial charge in [-0.1, -0.05) is 23.9 Å². The number of nitrogens with zero attached hydrogens (tertiary/aromatic N) is 2. The van der Waals surface area contributed by atoms with E-state index in [0.717, 1.165) is 22.2 Å². The normalized spacial score (nSPS) is 10.8. The molecular weight excluding hydrogens is 272 g/mol. The van der Waals surface area contributed by atoms with Crippen LogP contribution in [0.1, 0.15) is 25.5 Å². The Kier molecular flexibility index (Phi) is 4.84. The van der Waals surface area contributed by atoms with Crippen molar-refractivity contribution in [3.8, 4) is 5.75 Å². The molecule has 0 fully saturated rings. The van der Waals surface area contributed by atoms with Gasteiger partial charge in [0.1, 0.15) is 5.75 Å². The third kappa shape index (κ3) is 3.63. The highest BCUT2D eigenvalue weighted by molar-refractivity contribution is 7.98. The van der Waals surface area contributed by atoms with Gasteiger partial charge in [0.05, 0.1) is 7.11 Å². The van der Waals surface area contributed by atoms with Crippen LogP contribution in [0, 0.1) is 0 Å². The molecule has 1 aromatic heterocycles. The lowest BCUT2D eigenvalue weighted by molar-refractivity contribution is 0.414. The van der Waals surface area contributed by atoms with Gasteiger partial charge in [-0.2, -0.15) is 4.98 Å². The van der Waals surface area contributed by atoms with Crippen molar-refractivity contribution < 1.29 is 4.74 Å². The van der Waals surface area contributed by atoms with E-state index in [9.17, 15) is 4.79 Å². The second kappa shape index (κ2) is 6.61. The van der Waals surface area contributed by atoms with Crippen molar-refractivity contribution in [1.29, 1.82) is 0 Å². The molecule has 0 saturated heterocycles. The van der Waals surface area contributed by atoms with Crippen LogP contribution in [0.5, 0.6) is 5.75 Å². The van der Waals surface area contributed by atoms with Crippen LogP contribution < -0.4 is 10.3 Å². The van der Waals surface area contributed by atoms with E-state index in [0.29, 0.717) is 0 Å². The molecule has 0 bridgehead atoms. The molecule has 0 aliphatic heterocycles. The molecule has 0 unspecified atom stereocenters. The maximum atomic E-state index is 11.4. The van der Waals surface area contributed by atoms with E-state index in [2.05, 4.69) is 18.8 Å². The van der Waals surface area contributed by atoms with Crippen molar-refractivity contribution in [2.24, 2.45) is 0 Å². The predicted molar refractivity (Wildman–Crippen MR) is 81.4 cm³/mol. The van der Waals surface area contributed by atoms with Gasteiger partial charge in [-0.05, 0) is 31.5 Å². The number of aromatic nitrogens is 2. The second-order valence-corrected chi connectivity index (χ2v) is 5.63. The zero-order valence-corrected chi connectivity index (χ0v) is 12.7. The van der Waals surface area contributed by atoms with Crippen LogP contribution in [0.4, 0.5) is 0 Å². The van der Waals surface area contributed by atoms with E-state index in [4.69, 9.17) is 4.74 Å². The lowest BCUT2D eigenvalue weighted by atomic mass is 10.2. The van der Waals surface area contributed by atoms with Gasteiger partial charge in [-0.3, -0.25) is 4.79 Å². The summed E-state index contributed by atoms with van der Waals surface area (Å²) in [5.74, 6) is 1.59. The Bertz CT molecular complexity index is 638. The third-order valence-corrected chi connectivity index (χ3v) is 3.90. The van der Waals surface area contributed by atoms with Crippen molar-refractivity contribution in [1.82, 2.24) is 9.55 Å². The Morgan fingerprint density at radius 3 is 2.85 bits per heavy atom. The number of rotatable bonds is 5. The Morgan fingerprint density at radius 1 is 1.35 bits per heavy atom. The number of ether oxygens (including phenoxy) is 1. The largest absolute Gasteiger partial charge is 0.497 e. The molecule has 1 heterocycles. The Labute approximate surface area is 122 Å². The van der Waals surface area contributed by atoms with Crippen LogP contribution in [0.3, 0.4) is 0 Å². The van der Waals surface area contributed by atoms with Crippen molar-refractivity contribution in [3.63, 3.8) is 0 Å². The summed E-state index contributed by atoms with van der Waals surface area (Å²) in [6.45, 7) is 4.14. The van der Waals surface area contributed by atoms with Gasteiger partial charge >= 0.3 is 0 Å². The Hall–Kier alpha value is -1.75. The lowest BCUT2D eigenvalue weighted by Crippen LogP contribution is -2.14. The summed E-state index contributed by atoms with van der Waals surface area (Å²) >= 11 is 1.56. The summed E-state index contributed by atoms with van der Waals surface area (Å²) in [6, 6.07) is 9.68. The van der Waals surface area contributed by atoms with E-state index in [1.807, 2.05) is 28.8 Å². The maximum Gasteiger partial charge on any atom is 0.273 e. The van der Waals surface area contributed by atoms with Crippen LogP contribution in [-0.2, 0) is 5.75 Å². The highest BCUT2D eigenvalue weighted by atomic mass is 32.2.